The van der Waals surface area contributed by atoms with E-state index in [-0.39, 0.29) is 0 Å². The van der Waals surface area contributed by atoms with E-state index in [9.17, 15) is 0 Å². The normalized spacial score (nSPS) is 14.2. The van der Waals surface area contributed by atoms with Gasteiger partial charge in [-0.2, -0.15) is 0 Å². The summed E-state index contributed by atoms with van der Waals surface area (Å²) in [4.78, 5) is 2.45. The highest BCUT2D eigenvalue weighted by molar-refractivity contribution is 4.66. The van der Waals surface area contributed by atoms with Crippen LogP contribution in [0.1, 0.15) is 34.1 Å². The standard InChI is InChI=1S/C10H24N2/c1-5-10(4)8-12(7-6-11)9(2)3/h9-10H,5-8,11H2,1-4H3. The maximum atomic E-state index is 5.54. The predicted molar refractivity (Wildman–Crippen MR) is 55.2 cm³/mol. The van der Waals surface area contributed by atoms with E-state index in [0.29, 0.717) is 6.04 Å². The molecule has 0 heterocycles. The lowest BCUT2D eigenvalue weighted by Gasteiger charge is -2.28. The van der Waals surface area contributed by atoms with Gasteiger partial charge in [0.15, 0.2) is 0 Å². The molecule has 12 heavy (non-hydrogen) atoms. The van der Waals surface area contributed by atoms with E-state index in [1.807, 2.05) is 0 Å². The Morgan fingerprint density at radius 3 is 2.17 bits per heavy atom. The van der Waals surface area contributed by atoms with Gasteiger partial charge in [0.1, 0.15) is 0 Å². The molecule has 2 N–H and O–H groups in total. The Labute approximate surface area is 77.1 Å². The Hall–Kier alpha value is -0.0800. The third-order valence-electron chi connectivity index (χ3n) is 2.39. The van der Waals surface area contributed by atoms with Gasteiger partial charge in [-0.3, -0.25) is 4.90 Å². The van der Waals surface area contributed by atoms with Gasteiger partial charge in [0.2, 0.25) is 0 Å². The summed E-state index contributed by atoms with van der Waals surface area (Å²) in [7, 11) is 0. The molecule has 0 aromatic rings. The van der Waals surface area contributed by atoms with Crippen LogP contribution in [0.4, 0.5) is 0 Å². The van der Waals surface area contributed by atoms with Crippen LogP contribution in [0.2, 0.25) is 0 Å². The molecule has 2 heteroatoms. The highest BCUT2D eigenvalue weighted by Crippen LogP contribution is 2.06. The van der Waals surface area contributed by atoms with Crippen LogP contribution in [0.3, 0.4) is 0 Å². The summed E-state index contributed by atoms with van der Waals surface area (Å²) < 4.78 is 0. The first-order chi connectivity index (χ1) is 5.61. The van der Waals surface area contributed by atoms with Crippen LogP contribution in [0.5, 0.6) is 0 Å². The summed E-state index contributed by atoms with van der Waals surface area (Å²) in [6, 6.07) is 0.627. The number of nitrogens with zero attached hydrogens (tertiary/aromatic N) is 1. The molecule has 1 atom stereocenters. The van der Waals surface area contributed by atoms with Gasteiger partial charge in [-0.05, 0) is 19.8 Å². The molecule has 0 rings (SSSR count). The highest BCUT2D eigenvalue weighted by Gasteiger charge is 2.10. The fourth-order valence-corrected chi connectivity index (χ4v) is 1.26. The smallest absolute Gasteiger partial charge is 0.0107 e. The van der Waals surface area contributed by atoms with E-state index in [0.717, 1.165) is 19.0 Å². The van der Waals surface area contributed by atoms with Crippen molar-refractivity contribution >= 4 is 0 Å². The second kappa shape index (κ2) is 6.44. The lowest BCUT2D eigenvalue weighted by atomic mass is 10.1. The zero-order chi connectivity index (χ0) is 9.56. The second-order valence-electron chi connectivity index (χ2n) is 3.89. The SMILES string of the molecule is CCC(C)CN(CCN)C(C)C. The maximum Gasteiger partial charge on any atom is 0.0107 e. The Bertz CT molecular complexity index is 102. The van der Waals surface area contributed by atoms with E-state index in [2.05, 4.69) is 32.6 Å². The second-order valence-corrected chi connectivity index (χ2v) is 3.89. The molecule has 1 unspecified atom stereocenters. The van der Waals surface area contributed by atoms with Crippen molar-refractivity contribution in [3.05, 3.63) is 0 Å². The summed E-state index contributed by atoms with van der Waals surface area (Å²) in [6.45, 7) is 12.0. The van der Waals surface area contributed by atoms with Crippen molar-refractivity contribution in [2.75, 3.05) is 19.6 Å². The van der Waals surface area contributed by atoms with Gasteiger partial charge in [-0.1, -0.05) is 20.3 Å². The molecule has 74 valence electrons. The molecule has 0 bridgehead atoms. The zero-order valence-electron chi connectivity index (χ0n) is 9.01. The summed E-state index contributed by atoms with van der Waals surface area (Å²) >= 11 is 0. The number of hydrogen-bond acceptors (Lipinski definition) is 2. The molecule has 0 aliphatic carbocycles. The van der Waals surface area contributed by atoms with Crippen LogP contribution in [-0.4, -0.2) is 30.6 Å². The third kappa shape index (κ3) is 4.73. The fraction of sp³-hybridized carbons (Fsp3) is 1.00. The van der Waals surface area contributed by atoms with Crippen molar-refractivity contribution in [1.29, 1.82) is 0 Å². The molecule has 0 radical (unpaired) electrons. The van der Waals surface area contributed by atoms with Crippen LogP contribution in [0, 0.1) is 5.92 Å². The molecule has 0 aromatic carbocycles. The van der Waals surface area contributed by atoms with Gasteiger partial charge in [-0.15, -0.1) is 0 Å². The third-order valence-corrected chi connectivity index (χ3v) is 2.39. The Morgan fingerprint density at radius 1 is 1.25 bits per heavy atom. The van der Waals surface area contributed by atoms with Crippen molar-refractivity contribution in [1.82, 2.24) is 4.90 Å². The molecule has 0 amide bonds. The predicted octanol–water partition coefficient (Wildman–Crippen LogP) is 1.70. The maximum absolute atomic E-state index is 5.54. The largest absolute Gasteiger partial charge is 0.329 e. The first-order valence-electron chi connectivity index (χ1n) is 5.05. The van der Waals surface area contributed by atoms with E-state index in [1.54, 1.807) is 0 Å². The summed E-state index contributed by atoms with van der Waals surface area (Å²) in [5.41, 5.74) is 5.54. The molecule has 0 spiro atoms. The van der Waals surface area contributed by atoms with E-state index in [1.165, 1.54) is 13.0 Å². The minimum atomic E-state index is 0.627. The summed E-state index contributed by atoms with van der Waals surface area (Å²) in [5.74, 6) is 0.791. The Morgan fingerprint density at radius 2 is 1.83 bits per heavy atom. The fourth-order valence-electron chi connectivity index (χ4n) is 1.26. The molecule has 0 aliphatic heterocycles. The lowest BCUT2D eigenvalue weighted by Crippen LogP contribution is -2.38. The number of rotatable bonds is 6. The van der Waals surface area contributed by atoms with Gasteiger partial charge >= 0.3 is 0 Å². The monoisotopic (exact) mass is 172 g/mol. The molecule has 0 saturated heterocycles. The minimum absolute atomic E-state index is 0.627. The van der Waals surface area contributed by atoms with Crippen molar-refractivity contribution in [3.63, 3.8) is 0 Å². The van der Waals surface area contributed by atoms with Crippen LogP contribution in [0.15, 0.2) is 0 Å². The topological polar surface area (TPSA) is 29.3 Å². The van der Waals surface area contributed by atoms with Crippen LogP contribution in [0.25, 0.3) is 0 Å². The van der Waals surface area contributed by atoms with Gasteiger partial charge in [-0.25, -0.2) is 0 Å². The molecule has 0 saturated carbocycles. The van der Waals surface area contributed by atoms with Crippen molar-refractivity contribution in [2.45, 2.75) is 40.2 Å². The Balaban J connectivity index is 3.77. The molecular formula is C10H24N2. The van der Waals surface area contributed by atoms with Gasteiger partial charge < -0.3 is 5.73 Å². The molecular weight excluding hydrogens is 148 g/mol. The average molecular weight is 172 g/mol. The van der Waals surface area contributed by atoms with Crippen LogP contribution < -0.4 is 5.73 Å². The quantitative estimate of drug-likeness (QED) is 0.661. The van der Waals surface area contributed by atoms with Gasteiger partial charge in [0.05, 0.1) is 0 Å². The number of hydrogen-bond donors (Lipinski definition) is 1. The highest BCUT2D eigenvalue weighted by atomic mass is 15.1. The minimum Gasteiger partial charge on any atom is -0.329 e. The van der Waals surface area contributed by atoms with Crippen LogP contribution >= 0.6 is 0 Å². The van der Waals surface area contributed by atoms with E-state index < -0.39 is 0 Å². The van der Waals surface area contributed by atoms with E-state index >= 15 is 0 Å². The van der Waals surface area contributed by atoms with Crippen molar-refractivity contribution < 1.29 is 0 Å². The first-order valence-corrected chi connectivity index (χ1v) is 5.05. The zero-order valence-corrected chi connectivity index (χ0v) is 9.01. The summed E-state index contributed by atoms with van der Waals surface area (Å²) in [5, 5.41) is 0. The van der Waals surface area contributed by atoms with Gasteiger partial charge in [0.25, 0.3) is 0 Å². The van der Waals surface area contributed by atoms with Crippen molar-refractivity contribution in [2.24, 2.45) is 11.7 Å². The van der Waals surface area contributed by atoms with Crippen molar-refractivity contribution in [3.8, 4) is 0 Å². The number of nitrogens with two attached hydrogens (primary N) is 1. The Kier molecular flexibility index (Phi) is 6.39. The van der Waals surface area contributed by atoms with Crippen LogP contribution in [-0.2, 0) is 0 Å². The average Bonchev–Trinajstić information content (AvgIpc) is 2.03. The molecule has 0 aliphatic rings. The summed E-state index contributed by atoms with van der Waals surface area (Å²) in [6.07, 6.45) is 1.26. The van der Waals surface area contributed by atoms with E-state index in [4.69, 9.17) is 5.73 Å². The molecule has 2 nitrogen and oxygen atoms in total. The van der Waals surface area contributed by atoms with Gasteiger partial charge in [0, 0.05) is 25.7 Å². The molecule has 0 fully saturated rings. The first kappa shape index (κ1) is 11.9. The lowest BCUT2D eigenvalue weighted by molar-refractivity contribution is 0.196. The molecule has 0 aromatic heterocycles.